The van der Waals surface area contributed by atoms with Gasteiger partial charge in [-0.3, -0.25) is 0 Å². The van der Waals surface area contributed by atoms with E-state index in [-0.39, 0.29) is 11.9 Å². The Hall–Kier alpha value is -1.99. The van der Waals surface area contributed by atoms with Crippen LogP contribution in [-0.2, 0) is 6.54 Å². The summed E-state index contributed by atoms with van der Waals surface area (Å²) in [4.78, 5) is 11.4. The summed E-state index contributed by atoms with van der Waals surface area (Å²) < 4.78 is 13.2. The highest BCUT2D eigenvalue weighted by Crippen LogP contribution is 2.19. The molecule has 1 unspecified atom stereocenters. The predicted molar refractivity (Wildman–Crippen MR) is 112 cm³/mol. The van der Waals surface area contributed by atoms with E-state index in [1.807, 2.05) is 33.2 Å². The van der Waals surface area contributed by atoms with Gasteiger partial charge in [-0.2, -0.15) is 0 Å². The zero-order chi connectivity index (χ0) is 19.8. The van der Waals surface area contributed by atoms with Crippen LogP contribution in [0.2, 0.25) is 0 Å². The van der Waals surface area contributed by atoms with Gasteiger partial charge in [0.05, 0.1) is 18.3 Å². The molecule has 0 bridgehead atoms. The number of likely N-dealkylation sites (N-methyl/N-ethyl adjacent to an activating group) is 1. The Morgan fingerprint density at radius 3 is 2.48 bits per heavy atom. The first-order valence-corrected chi connectivity index (χ1v) is 10.2. The summed E-state index contributed by atoms with van der Waals surface area (Å²) in [6, 6.07) is 6.77. The Kier molecular flexibility index (Phi) is 8.19. The van der Waals surface area contributed by atoms with Crippen molar-refractivity contribution in [2.24, 2.45) is 4.99 Å². The molecular weight excluding hydrogens is 361 g/mol. The van der Waals surface area contributed by atoms with E-state index in [2.05, 4.69) is 44.7 Å². The molecule has 0 saturated carbocycles. The smallest absolute Gasteiger partial charge is 0.191 e. The molecule has 0 aliphatic heterocycles. The van der Waals surface area contributed by atoms with Gasteiger partial charge in [-0.15, -0.1) is 11.3 Å². The second kappa shape index (κ2) is 10.4. The Labute approximate surface area is 165 Å². The van der Waals surface area contributed by atoms with E-state index in [4.69, 9.17) is 0 Å². The first kappa shape index (κ1) is 21.3. The lowest BCUT2D eigenvalue weighted by Crippen LogP contribution is -2.41. The van der Waals surface area contributed by atoms with Gasteiger partial charge in [-0.05, 0) is 44.6 Å². The van der Waals surface area contributed by atoms with E-state index in [0.717, 1.165) is 28.8 Å². The van der Waals surface area contributed by atoms with Gasteiger partial charge < -0.3 is 15.5 Å². The fourth-order valence-corrected chi connectivity index (χ4v) is 3.51. The van der Waals surface area contributed by atoms with Crippen LogP contribution in [-0.4, -0.2) is 43.0 Å². The van der Waals surface area contributed by atoms with Crippen LogP contribution in [0.1, 0.15) is 49.0 Å². The van der Waals surface area contributed by atoms with Crippen molar-refractivity contribution in [2.75, 3.05) is 27.2 Å². The van der Waals surface area contributed by atoms with Gasteiger partial charge in [0.15, 0.2) is 5.96 Å². The molecule has 0 spiro atoms. The molecule has 27 heavy (non-hydrogen) atoms. The molecule has 1 aromatic heterocycles. The number of aromatic nitrogens is 1. The molecule has 2 N–H and O–H groups in total. The number of rotatable bonds is 8. The van der Waals surface area contributed by atoms with Crippen LogP contribution in [0.25, 0.3) is 0 Å². The van der Waals surface area contributed by atoms with Crippen LogP contribution in [0.15, 0.2) is 34.6 Å². The number of halogens is 1. The van der Waals surface area contributed by atoms with Gasteiger partial charge in [0, 0.05) is 18.5 Å². The molecule has 1 aromatic carbocycles. The summed E-state index contributed by atoms with van der Waals surface area (Å²) in [6.07, 6.45) is 0. The monoisotopic (exact) mass is 391 g/mol. The lowest BCUT2D eigenvalue weighted by molar-refractivity contribution is 0.298. The summed E-state index contributed by atoms with van der Waals surface area (Å²) in [6.45, 7) is 8.33. The lowest BCUT2D eigenvalue weighted by atomic mass is 10.1. The van der Waals surface area contributed by atoms with Crippen molar-refractivity contribution in [2.45, 2.75) is 39.3 Å². The topological polar surface area (TPSA) is 52.6 Å². The molecule has 2 aromatic rings. The number of guanidine groups is 1. The highest BCUT2D eigenvalue weighted by Gasteiger charge is 2.15. The minimum atomic E-state index is -0.219. The Bertz CT molecular complexity index is 724. The van der Waals surface area contributed by atoms with Crippen LogP contribution in [0, 0.1) is 5.82 Å². The molecule has 5 nitrogen and oxygen atoms in total. The molecule has 0 fully saturated rings. The normalized spacial score (nSPS) is 13.3. The number of hydrogen-bond donors (Lipinski definition) is 2. The van der Waals surface area contributed by atoms with Gasteiger partial charge in [0.2, 0.25) is 0 Å². The molecule has 0 saturated heterocycles. The third kappa shape index (κ3) is 6.59. The largest absolute Gasteiger partial charge is 0.357 e. The number of nitrogens with one attached hydrogen (secondary N) is 2. The Morgan fingerprint density at radius 2 is 1.93 bits per heavy atom. The quantitative estimate of drug-likeness (QED) is 0.531. The average molecular weight is 392 g/mol. The van der Waals surface area contributed by atoms with E-state index in [1.54, 1.807) is 11.3 Å². The Morgan fingerprint density at radius 1 is 1.22 bits per heavy atom. The van der Waals surface area contributed by atoms with E-state index in [9.17, 15) is 4.39 Å². The number of thiazole rings is 1. The van der Waals surface area contributed by atoms with Crippen molar-refractivity contribution < 1.29 is 4.39 Å². The van der Waals surface area contributed by atoms with Crippen molar-refractivity contribution >= 4 is 17.3 Å². The van der Waals surface area contributed by atoms with Gasteiger partial charge >= 0.3 is 0 Å². The zero-order valence-corrected chi connectivity index (χ0v) is 17.6. The van der Waals surface area contributed by atoms with Gasteiger partial charge in [-0.1, -0.05) is 26.0 Å². The number of aliphatic imine (C=N–C) groups is 1. The van der Waals surface area contributed by atoms with Crippen LogP contribution < -0.4 is 10.6 Å². The van der Waals surface area contributed by atoms with Crippen molar-refractivity contribution in [1.29, 1.82) is 0 Å². The van der Waals surface area contributed by atoms with Crippen molar-refractivity contribution in [3.63, 3.8) is 0 Å². The molecule has 0 aliphatic carbocycles. The van der Waals surface area contributed by atoms with Crippen LogP contribution in [0.5, 0.6) is 0 Å². The van der Waals surface area contributed by atoms with E-state index in [1.165, 1.54) is 12.1 Å². The highest BCUT2D eigenvalue weighted by atomic mass is 32.1. The van der Waals surface area contributed by atoms with E-state index < -0.39 is 0 Å². The summed E-state index contributed by atoms with van der Waals surface area (Å²) in [7, 11) is 4.03. The first-order chi connectivity index (χ1) is 12.9. The van der Waals surface area contributed by atoms with Gasteiger partial charge in [0.1, 0.15) is 10.8 Å². The molecule has 1 atom stereocenters. The minimum absolute atomic E-state index is 0.113. The SMILES string of the molecule is CCNC(=NCc1nc(C(C)C)cs1)NCC(c1ccc(F)cc1)N(C)C. The predicted octanol–water partition coefficient (Wildman–Crippen LogP) is 3.76. The van der Waals surface area contributed by atoms with Crippen LogP contribution >= 0.6 is 11.3 Å². The fourth-order valence-electron chi connectivity index (χ4n) is 2.63. The second-order valence-electron chi connectivity index (χ2n) is 6.93. The summed E-state index contributed by atoms with van der Waals surface area (Å²) >= 11 is 1.65. The molecule has 0 aliphatic rings. The lowest BCUT2D eigenvalue weighted by Gasteiger charge is -2.26. The molecule has 1 heterocycles. The molecule has 148 valence electrons. The van der Waals surface area contributed by atoms with Gasteiger partial charge in [0.25, 0.3) is 0 Å². The maximum atomic E-state index is 13.2. The molecule has 7 heteroatoms. The number of benzene rings is 1. The molecule has 0 amide bonds. The van der Waals surface area contributed by atoms with Crippen molar-refractivity contribution in [3.8, 4) is 0 Å². The molecule has 0 radical (unpaired) electrons. The third-order valence-corrected chi connectivity index (χ3v) is 5.07. The van der Waals surface area contributed by atoms with E-state index in [0.29, 0.717) is 19.0 Å². The molecule has 2 rings (SSSR count). The van der Waals surface area contributed by atoms with E-state index >= 15 is 0 Å². The van der Waals surface area contributed by atoms with Crippen LogP contribution in [0.4, 0.5) is 4.39 Å². The maximum absolute atomic E-state index is 13.2. The highest BCUT2D eigenvalue weighted by molar-refractivity contribution is 7.09. The maximum Gasteiger partial charge on any atom is 0.191 e. The first-order valence-electron chi connectivity index (χ1n) is 9.29. The van der Waals surface area contributed by atoms with Gasteiger partial charge in [-0.25, -0.2) is 14.4 Å². The fraction of sp³-hybridized carbons (Fsp3) is 0.500. The van der Waals surface area contributed by atoms with Crippen LogP contribution in [0.3, 0.4) is 0 Å². The molecular formula is C20H30FN5S. The number of nitrogens with zero attached hydrogens (tertiary/aromatic N) is 3. The van der Waals surface area contributed by atoms with Crippen molar-refractivity contribution in [3.05, 3.63) is 51.7 Å². The standard InChI is InChI=1S/C20H30FN5S/c1-6-22-20(24-12-19-25-17(13-27-19)14(2)3)23-11-18(26(4)5)15-7-9-16(21)10-8-15/h7-10,13-14,18H,6,11-12H2,1-5H3,(H2,22,23,24). The van der Waals surface area contributed by atoms with Crippen molar-refractivity contribution in [1.82, 2.24) is 20.5 Å². The summed E-state index contributed by atoms with van der Waals surface area (Å²) in [5.74, 6) is 0.970. The average Bonchev–Trinajstić information content (AvgIpc) is 3.10. The third-order valence-electron chi connectivity index (χ3n) is 4.22. The second-order valence-corrected chi connectivity index (χ2v) is 7.87. The summed E-state index contributed by atoms with van der Waals surface area (Å²) in [5.41, 5.74) is 2.18. The number of hydrogen-bond acceptors (Lipinski definition) is 4. The zero-order valence-electron chi connectivity index (χ0n) is 16.8. The minimum Gasteiger partial charge on any atom is -0.357 e. The Balaban J connectivity index is 2.03. The summed E-state index contributed by atoms with van der Waals surface area (Å²) in [5, 5.41) is 9.79.